The van der Waals surface area contributed by atoms with E-state index < -0.39 is 47.5 Å². The van der Waals surface area contributed by atoms with E-state index in [1.54, 1.807) is 6.92 Å². The number of nitrogens with zero attached hydrogens (tertiary/aromatic N) is 1. The van der Waals surface area contributed by atoms with Crippen molar-refractivity contribution in [2.45, 2.75) is 25.9 Å². The first-order chi connectivity index (χ1) is 13.9. The molecular weight excluding hydrogens is 450 g/mol. The van der Waals surface area contributed by atoms with Crippen LogP contribution in [0.3, 0.4) is 0 Å². The van der Waals surface area contributed by atoms with Gasteiger partial charge in [-0.2, -0.15) is 13.2 Å². The summed E-state index contributed by atoms with van der Waals surface area (Å²) in [5.74, 6) is -2.30. The van der Waals surface area contributed by atoms with Crippen LogP contribution in [0, 0.1) is 10.1 Å². The van der Waals surface area contributed by atoms with Crippen molar-refractivity contribution in [1.82, 2.24) is 0 Å². The van der Waals surface area contributed by atoms with Crippen LogP contribution >= 0.6 is 19.4 Å². The molecule has 2 unspecified atom stereocenters. The quantitative estimate of drug-likeness (QED) is 0.203. The summed E-state index contributed by atoms with van der Waals surface area (Å²) >= 11 is 5.83. The fourth-order valence-corrected chi connectivity index (χ4v) is 3.27. The lowest BCUT2D eigenvalue weighted by Crippen LogP contribution is -2.14. The van der Waals surface area contributed by atoms with E-state index in [4.69, 9.17) is 21.1 Å². The number of rotatable bonds is 7. The maximum absolute atomic E-state index is 12.7. The molecule has 0 aromatic heterocycles. The Morgan fingerprint density at radius 2 is 1.93 bits per heavy atom. The predicted octanol–water partition coefficient (Wildman–Crippen LogP) is 6.41. The zero-order valence-corrected chi connectivity index (χ0v) is 17.3. The molecule has 2 aromatic carbocycles. The second-order valence-electron chi connectivity index (χ2n) is 5.92. The summed E-state index contributed by atoms with van der Waals surface area (Å²) in [5, 5.41) is 10.9. The third-order valence-electron chi connectivity index (χ3n) is 3.87. The number of halogens is 4. The highest BCUT2D eigenvalue weighted by molar-refractivity contribution is 7.45. The van der Waals surface area contributed by atoms with Crippen molar-refractivity contribution >= 4 is 31.1 Å². The summed E-state index contributed by atoms with van der Waals surface area (Å²) in [7, 11) is -1.86. The van der Waals surface area contributed by atoms with Crippen molar-refractivity contribution in [3.8, 4) is 11.5 Å². The van der Waals surface area contributed by atoms with E-state index >= 15 is 0 Å². The summed E-state index contributed by atoms with van der Waals surface area (Å²) in [6.07, 6.45) is -4.34. The van der Waals surface area contributed by atoms with Crippen molar-refractivity contribution in [3.05, 3.63) is 62.7 Å². The number of nitro groups is 1. The third-order valence-corrected chi connectivity index (χ3v) is 5.70. The molecule has 0 aliphatic heterocycles. The summed E-state index contributed by atoms with van der Waals surface area (Å²) in [6, 6.07) is 5.54. The van der Waals surface area contributed by atoms with Gasteiger partial charge in [-0.25, -0.2) is 4.79 Å². The van der Waals surface area contributed by atoms with Crippen LogP contribution < -0.4 is 4.74 Å². The van der Waals surface area contributed by atoms with E-state index in [1.807, 2.05) is 0 Å². The molecule has 0 aliphatic rings. The SMILES string of the molecule is CC[P+](=O)C(C)OC(=O)c1cc(Oc2ccc(C(F)(F)F)cc2Cl)ccc1[N+](=O)[O-]. The van der Waals surface area contributed by atoms with Crippen molar-refractivity contribution in [2.24, 2.45) is 0 Å². The molecule has 0 heterocycles. The normalized spacial score (nSPS) is 12.8. The monoisotopic (exact) mass is 464 g/mol. The molecule has 0 bridgehead atoms. The fraction of sp³-hybridized carbons (Fsp3) is 0.278. The second-order valence-corrected chi connectivity index (χ2v) is 8.52. The maximum Gasteiger partial charge on any atom is 0.416 e. The van der Waals surface area contributed by atoms with Crippen molar-refractivity contribution in [1.29, 1.82) is 0 Å². The van der Waals surface area contributed by atoms with Gasteiger partial charge in [0, 0.05) is 19.1 Å². The van der Waals surface area contributed by atoms with Gasteiger partial charge in [0.1, 0.15) is 23.2 Å². The zero-order valence-electron chi connectivity index (χ0n) is 15.6. The standard InChI is InChI=1S/C18H15ClF3NO6P/c1-3-30(27)10(2)28-17(24)13-9-12(5-6-15(13)23(25)26)29-16-7-4-11(8-14(16)19)18(20,21)22/h4-10H,3H2,1-2H3/q+1. The summed E-state index contributed by atoms with van der Waals surface area (Å²) in [6.45, 7) is 3.03. The van der Waals surface area contributed by atoms with Crippen molar-refractivity contribution < 1.29 is 36.9 Å². The maximum atomic E-state index is 12.7. The molecule has 0 amide bonds. The molecule has 30 heavy (non-hydrogen) atoms. The van der Waals surface area contributed by atoms with E-state index in [1.165, 1.54) is 6.92 Å². The summed E-state index contributed by atoms with van der Waals surface area (Å²) in [5.41, 5.74) is -2.02. The first kappa shape index (κ1) is 23.6. The molecule has 12 heteroatoms. The number of carbonyl (C=O) groups excluding carboxylic acids is 1. The van der Waals surface area contributed by atoms with E-state index in [-0.39, 0.29) is 22.7 Å². The fourth-order valence-electron chi connectivity index (χ4n) is 2.32. The number of carbonyl (C=O) groups is 1. The van der Waals surface area contributed by atoms with Gasteiger partial charge in [0.2, 0.25) is 0 Å². The van der Waals surface area contributed by atoms with Crippen LogP contribution in [0.25, 0.3) is 0 Å². The molecule has 0 radical (unpaired) electrons. The number of hydrogen-bond donors (Lipinski definition) is 0. The second kappa shape index (κ2) is 9.40. The number of benzene rings is 2. The Labute approximate surface area is 174 Å². The van der Waals surface area contributed by atoms with Crippen LogP contribution in [-0.4, -0.2) is 22.9 Å². The van der Waals surface area contributed by atoms with E-state index in [0.29, 0.717) is 6.07 Å². The van der Waals surface area contributed by atoms with E-state index in [9.17, 15) is 32.6 Å². The molecule has 2 rings (SSSR count). The minimum Gasteiger partial charge on any atom is -0.456 e. The van der Waals surface area contributed by atoms with E-state index in [2.05, 4.69) is 0 Å². The van der Waals surface area contributed by atoms with Gasteiger partial charge >= 0.3 is 19.9 Å². The first-order valence-electron chi connectivity index (χ1n) is 8.41. The Balaban J connectivity index is 2.35. The molecule has 2 atom stereocenters. The molecule has 0 fully saturated rings. The van der Waals surface area contributed by atoms with E-state index in [0.717, 1.165) is 30.3 Å². The predicted molar refractivity (Wildman–Crippen MR) is 103 cm³/mol. The van der Waals surface area contributed by atoms with Gasteiger partial charge in [-0.15, -0.1) is 0 Å². The number of ether oxygens (including phenoxy) is 2. The van der Waals surface area contributed by atoms with Gasteiger partial charge in [0.05, 0.1) is 15.5 Å². The molecular formula is C18H15ClF3NO6P+. The highest BCUT2D eigenvalue weighted by Gasteiger charge is 2.32. The highest BCUT2D eigenvalue weighted by Crippen LogP contribution is 2.37. The molecule has 0 N–H and O–H groups in total. The Morgan fingerprint density at radius 3 is 2.47 bits per heavy atom. The molecule has 0 aliphatic carbocycles. The molecule has 0 saturated carbocycles. The minimum atomic E-state index is -4.59. The molecule has 160 valence electrons. The van der Waals surface area contributed by atoms with Gasteiger partial charge in [0.25, 0.3) is 11.5 Å². The number of hydrogen-bond acceptors (Lipinski definition) is 6. The smallest absolute Gasteiger partial charge is 0.416 e. The number of nitro benzene ring substituents is 1. The van der Waals surface area contributed by atoms with Crippen LogP contribution in [0.15, 0.2) is 36.4 Å². The van der Waals surface area contributed by atoms with Crippen LogP contribution in [0.5, 0.6) is 11.5 Å². The highest BCUT2D eigenvalue weighted by atomic mass is 35.5. The first-order valence-corrected chi connectivity index (χ1v) is 10.3. The third kappa shape index (κ3) is 5.67. The Bertz CT molecular complexity index is 998. The zero-order chi connectivity index (χ0) is 22.6. The van der Waals surface area contributed by atoms with Crippen LogP contribution in [-0.2, 0) is 15.5 Å². The van der Waals surface area contributed by atoms with Gasteiger partial charge in [0.15, 0.2) is 0 Å². The number of alkyl halides is 3. The Kier molecular flexibility index (Phi) is 7.39. The summed E-state index contributed by atoms with van der Waals surface area (Å²) < 4.78 is 60.4. The largest absolute Gasteiger partial charge is 0.456 e. The number of esters is 1. The van der Waals surface area contributed by atoms with Gasteiger partial charge in [-0.05, 0) is 31.2 Å². The van der Waals surface area contributed by atoms with Crippen molar-refractivity contribution in [2.75, 3.05) is 6.16 Å². The van der Waals surface area contributed by atoms with Crippen LogP contribution in [0.4, 0.5) is 18.9 Å². The lowest BCUT2D eigenvalue weighted by Gasteiger charge is -2.12. The Hall–Kier alpha value is -2.71. The lowest BCUT2D eigenvalue weighted by molar-refractivity contribution is -0.385. The van der Waals surface area contributed by atoms with Gasteiger partial charge < -0.3 is 9.47 Å². The minimum absolute atomic E-state index is 0.0956. The van der Waals surface area contributed by atoms with Crippen LogP contribution in [0.1, 0.15) is 29.8 Å². The molecule has 7 nitrogen and oxygen atoms in total. The molecule has 0 saturated heterocycles. The van der Waals surface area contributed by atoms with Crippen LogP contribution in [0.2, 0.25) is 5.02 Å². The Morgan fingerprint density at radius 1 is 1.27 bits per heavy atom. The van der Waals surface area contributed by atoms with Crippen molar-refractivity contribution in [3.63, 3.8) is 0 Å². The molecule has 0 spiro atoms. The average molecular weight is 465 g/mol. The average Bonchev–Trinajstić information content (AvgIpc) is 2.67. The topological polar surface area (TPSA) is 95.7 Å². The summed E-state index contributed by atoms with van der Waals surface area (Å²) in [4.78, 5) is 22.8. The lowest BCUT2D eigenvalue weighted by atomic mass is 10.1. The van der Waals surface area contributed by atoms with Gasteiger partial charge in [-0.1, -0.05) is 16.2 Å². The van der Waals surface area contributed by atoms with Gasteiger partial charge in [-0.3, -0.25) is 10.1 Å². The molecule has 2 aromatic rings.